The van der Waals surface area contributed by atoms with E-state index in [-0.39, 0.29) is 5.91 Å². The van der Waals surface area contributed by atoms with Gasteiger partial charge >= 0.3 is 0 Å². The van der Waals surface area contributed by atoms with E-state index < -0.39 is 0 Å². The number of anilines is 1. The molecule has 0 bridgehead atoms. The van der Waals surface area contributed by atoms with Gasteiger partial charge in [-0.05, 0) is 48.2 Å². The first-order valence-electron chi connectivity index (χ1n) is 14.9. The molecule has 1 aliphatic carbocycles. The van der Waals surface area contributed by atoms with Crippen molar-refractivity contribution in [3.05, 3.63) is 101 Å². The number of nitrogens with zero attached hydrogens (tertiary/aromatic N) is 3. The third-order valence-electron chi connectivity index (χ3n) is 8.47. The van der Waals surface area contributed by atoms with Crippen molar-refractivity contribution in [1.29, 1.82) is 0 Å². The van der Waals surface area contributed by atoms with Crippen LogP contribution in [0, 0.1) is 0 Å². The number of hydrogen-bond acceptors (Lipinski definition) is 4. The summed E-state index contributed by atoms with van der Waals surface area (Å²) < 4.78 is 0. The average molecular weight is 525 g/mol. The van der Waals surface area contributed by atoms with Crippen LogP contribution in [-0.4, -0.2) is 54.5 Å². The zero-order valence-corrected chi connectivity index (χ0v) is 23.5. The van der Waals surface area contributed by atoms with Gasteiger partial charge < -0.3 is 20.0 Å². The molecule has 2 heterocycles. The quantitative estimate of drug-likeness (QED) is 0.406. The van der Waals surface area contributed by atoms with E-state index in [0.717, 1.165) is 57.9 Å². The number of carbonyl (C=O) groups excluding carboxylic acids is 1. The minimum atomic E-state index is 0.269. The Bertz CT molecular complexity index is 1130. The molecule has 0 radical (unpaired) electrons. The molecule has 5 heteroatoms. The van der Waals surface area contributed by atoms with Crippen LogP contribution in [-0.2, 0) is 19.6 Å². The molecule has 2 fully saturated rings. The first kappa shape index (κ1) is 27.4. The Morgan fingerprint density at radius 1 is 0.769 bits per heavy atom. The molecular weight excluding hydrogens is 480 g/mol. The molecular formula is C34H44N4O. The molecule has 0 unspecified atom stereocenters. The van der Waals surface area contributed by atoms with E-state index in [4.69, 9.17) is 0 Å². The maximum Gasteiger partial charge on any atom is 0.254 e. The fourth-order valence-electron chi connectivity index (χ4n) is 6.06. The molecule has 5 nitrogen and oxygen atoms in total. The SMILES string of the molecule is CCN1CCN(c2ccc3c(c2)C(=O)N(C2CCCCC2)C3)CC1.c1ccc(CNCc2ccccc2)cc1. The van der Waals surface area contributed by atoms with E-state index >= 15 is 0 Å². The Morgan fingerprint density at radius 2 is 1.38 bits per heavy atom. The first-order chi connectivity index (χ1) is 19.2. The van der Waals surface area contributed by atoms with Crippen LogP contribution < -0.4 is 10.2 Å². The van der Waals surface area contributed by atoms with Gasteiger partial charge in [0.25, 0.3) is 5.91 Å². The lowest BCUT2D eigenvalue weighted by atomic mass is 9.94. The van der Waals surface area contributed by atoms with Crippen LogP contribution in [0.1, 0.15) is 66.1 Å². The van der Waals surface area contributed by atoms with Gasteiger partial charge in [-0.15, -0.1) is 0 Å². The molecule has 1 amide bonds. The Morgan fingerprint density at radius 3 is 1.97 bits per heavy atom. The maximum atomic E-state index is 12.9. The zero-order valence-electron chi connectivity index (χ0n) is 23.5. The summed E-state index contributed by atoms with van der Waals surface area (Å²) in [4.78, 5) is 20.0. The van der Waals surface area contributed by atoms with Gasteiger partial charge in [-0.1, -0.05) is 92.9 Å². The second kappa shape index (κ2) is 13.8. The van der Waals surface area contributed by atoms with Gasteiger partial charge in [0.1, 0.15) is 0 Å². The smallest absolute Gasteiger partial charge is 0.254 e. The summed E-state index contributed by atoms with van der Waals surface area (Å²) in [6, 6.07) is 27.9. The fourth-order valence-corrected chi connectivity index (χ4v) is 6.06. The van der Waals surface area contributed by atoms with E-state index in [1.165, 1.54) is 54.5 Å². The minimum Gasteiger partial charge on any atom is -0.369 e. The number of fused-ring (bicyclic) bond motifs is 1. The number of rotatable bonds is 7. The van der Waals surface area contributed by atoms with Crippen LogP contribution in [0.3, 0.4) is 0 Å². The van der Waals surface area contributed by atoms with Crippen molar-refractivity contribution in [3.8, 4) is 0 Å². The molecule has 206 valence electrons. The molecule has 3 aromatic carbocycles. The predicted molar refractivity (Wildman–Crippen MR) is 161 cm³/mol. The number of piperazine rings is 1. The molecule has 0 spiro atoms. The van der Waals surface area contributed by atoms with Gasteiger partial charge in [0, 0.05) is 63.1 Å². The Hall–Kier alpha value is -3.15. The summed E-state index contributed by atoms with van der Waals surface area (Å²) in [6.07, 6.45) is 6.26. The number of carbonyl (C=O) groups is 1. The van der Waals surface area contributed by atoms with Gasteiger partial charge in [0.05, 0.1) is 0 Å². The monoisotopic (exact) mass is 524 g/mol. The molecule has 1 saturated heterocycles. The van der Waals surface area contributed by atoms with Crippen LogP contribution in [0.15, 0.2) is 78.9 Å². The third kappa shape index (κ3) is 7.28. The van der Waals surface area contributed by atoms with Crippen molar-refractivity contribution >= 4 is 11.6 Å². The van der Waals surface area contributed by atoms with Crippen LogP contribution in [0.5, 0.6) is 0 Å². The normalized spacial score (nSPS) is 18.0. The van der Waals surface area contributed by atoms with Crippen LogP contribution in [0.4, 0.5) is 5.69 Å². The van der Waals surface area contributed by atoms with E-state index in [2.05, 4.69) is 93.7 Å². The largest absolute Gasteiger partial charge is 0.369 e. The van der Waals surface area contributed by atoms with Gasteiger partial charge in [-0.3, -0.25) is 4.79 Å². The highest BCUT2D eigenvalue weighted by molar-refractivity contribution is 5.99. The van der Waals surface area contributed by atoms with E-state index in [0.29, 0.717) is 6.04 Å². The topological polar surface area (TPSA) is 38.8 Å². The molecule has 39 heavy (non-hydrogen) atoms. The van der Waals surface area contributed by atoms with Crippen molar-refractivity contribution in [2.24, 2.45) is 0 Å². The van der Waals surface area contributed by atoms with E-state index in [9.17, 15) is 4.79 Å². The summed E-state index contributed by atoms with van der Waals surface area (Å²) in [5.74, 6) is 0.269. The van der Waals surface area contributed by atoms with Gasteiger partial charge in [0.15, 0.2) is 0 Å². The van der Waals surface area contributed by atoms with Crippen molar-refractivity contribution in [2.75, 3.05) is 37.6 Å². The lowest BCUT2D eigenvalue weighted by Crippen LogP contribution is -2.46. The standard InChI is InChI=1S/C20H29N3O.C14H15N/c1-2-21-10-12-22(13-11-21)18-9-8-16-15-23(20(24)19(16)14-18)17-6-4-3-5-7-17;1-3-7-13(8-4-1)11-15-12-14-9-5-2-6-10-14/h8-9,14,17H,2-7,10-13,15H2,1H3;1-10,15H,11-12H2. The summed E-state index contributed by atoms with van der Waals surface area (Å²) in [6.45, 7) is 10.4. The van der Waals surface area contributed by atoms with Gasteiger partial charge in [0.2, 0.25) is 0 Å². The van der Waals surface area contributed by atoms with Gasteiger partial charge in [-0.2, -0.15) is 0 Å². The molecule has 2 aliphatic heterocycles. The second-order valence-electron chi connectivity index (χ2n) is 11.1. The lowest BCUT2D eigenvalue weighted by Gasteiger charge is -2.35. The molecule has 6 rings (SSSR count). The van der Waals surface area contributed by atoms with E-state index in [1.54, 1.807) is 0 Å². The number of likely N-dealkylation sites (N-methyl/N-ethyl adjacent to an activating group) is 1. The minimum absolute atomic E-state index is 0.269. The molecule has 3 aromatic rings. The van der Waals surface area contributed by atoms with Crippen molar-refractivity contribution in [1.82, 2.24) is 15.1 Å². The second-order valence-corrected chi connectivity index (χ2v) is 11.1. The zero-order chi connectivity index (χ0) is 26.9. The Balaban J connectivity index is 0.000000177. The summed E-state index contributed by atoms with van der Waals surface area (Å²) in [5, 5.41) is 3.42. The van der Waals surface area contributed by atoms with Crippen molar-refractivity contribution in [2.45, 2.75) is 64.7 Å². The van der Waals surface area contributed by atoms with Crippen molar-refractivity contribution < 1.29 is 4.79 Å². The van der Waals surface area contributed by atoms with Crippen molar-refractivity contribution in [3.63, 3.8) is 0 Å². The number of hydrogen-bond donors (Lipinski definition) is 1. The summed E-state index contributed by atoms with van der Waals surface area (Å²) in [7, 11) is 0. The summed E-state index contributed by atoms with van der Waals surface area (Å²) >= 11 is 0. The molecule has 1 N–H and O–H groups in total. The predicted octanol–water partition coefficient (Wildman–Crippen LogP) is 6.09. The first-order valence-corrected chi connectivity index (χ1v) is 14.9. The van der Waals surface area contributed by atoms with Crippen LogP contribution in [0.25, 0.3) is 0 Å². The Kier molecular flexibility index (Phi) is 9.68. The Labute approximate surface area is 234 Å². The fraction of sp³-hybridized carbons (Fsp3) is 0.441. The van der Waals surface area contributed by atoms with E-state index in [1.807, 2.05) is 12.1 Å². The highest BCUT2D eigenvalue weighted by Gasteiger charge is 2.33. The number of nitrogens with one attached hydrogen (secondary N) is 1. The number of amides is 1. The summed E-state index contributed by atoms with van der Waals surface area (Å²) in [5.41, 5.74) is 6.06. The number of benzene rings is 3. The molecule has 1 saturated carbocycles. The van der Waals surface area contributed by atoms with Crippen LogP contribution >= 0.6 is 0 Å². The molecule has 3 aliphatic rings. The lowest BCUT2D eigenvalue weighted by molar-refractivity contribution is 0.0660. The highest BCUT2D eigenvalue weighted by atomic mass is 16.2. The molecule has 0 atom stereocenters. The van der Waals surface area contributed by atoms with Crippen LogP contribution in [0.2, 0.25) is 0 Å². The maximum absolute atomic E-state index is 12.9. The average Bonchev–Trinajstić information content (AvgIpc) is 3.34. The highest BCUT2D eigenvalue weighted by Crippen LogP contribution is 2.33. The molecule has 0 aromatic heterocycles. The third-order valence-corrected chi connectivity index (χ3v) is 8.47. The van der Waals surface area contributed by atoms with Gasteiger partial charge in [-0.25, -0.2) is 0 Å².